The molecule has 0 aliphatic rings. The standard InChI is InChI=1S/C14H21FN2OS/c1-10-8-13(15)5-4-12(10)6-7-16-14(19)17-11(2)9-18-3/h4-5,8,11H,6-7,9H2,1-3H3,(H2,16,17,19). The average molecular weight is 284 g/mol. The number of nitrogens with one attached hydrogen (secondary N) is 2. The number of aryl methyl sites for hydroxylation is 1. The highest BCUT2D eigenvalue weighted by atomic mass is 32.1. The Balaban J connectivity index is 2.31. The van der Waals surface area contributed by atoms with Crippen molar-refractivity contribution in [2.24, 2.45) is 0 Å². The van der Waals surface area contributed by atoms with Crippen molar-refractivity contribution in [3.05, 3.63) is 35.1 Å². The van der Waals surface area contributed by atoms with Crippen LogP contribution in [0.2, 0.25) is 0 Å². The lowest BCUT2D eigenvalue weighted by atomic mass is 10.1. The van der Waals surface area contributed by atoms with Gasteiger partial charge in [0, 0.05) is 19.7 Å². The van der Waals surface area contributed by atoms with Gasteiger partial charge in [0.1, 0.15) is 5.82 Å². The number of hydrogen-bond donors (Lipinski definition) is 2. The third-order valence-electron chi connectivity index (χ3n) is 2.78. The van der Waals surface area contributed by atoms with E-state index in [2.05, 4.69) is 10.6 Å². The van der Waals surface area contributed by atoms with E-state index in [1.807, 2.05) is 19.9 Å². The molecule has 19 heavy (non-hydrogen) atoms. The van der Waals surface area contributed by atoms with Crippen molar-refractivity contribution in [3.63, 3.8) is 0 Å². The summed E-state index contributed by atoms with van der Waals surface area (Å²) in [5.74, 6) is -0.195. The van der Waals surface area contributed by atoms with E-state index in [4.69, 9.17) is 17.0 Å². The van der Waals surface area contributed by atoms with Crippen LogP contribution < -0.4 is 10.6 Å². The van der Waals surface area contributed by atoms with Gasteiger partial charge in [-0.15, -0.1) is 0 Å². The Morgan fingerprint density at radius 3 is 2.84 bits per heavy atom. The SMILES string of the molecule is COCC(C)NC(=S)NCCc1ccc(F)cc1C. The van der Waals surface area contributed by atoms with E-state index >= 15 is 0 Å². The van der Waals surface area contributed by atoms with E-state index in [1.165, 1.54) is 6.07 Å². The number of thiocarbonyl (C=S) groups is 1. The van der Waals surface area contributed by atoms with Crippen LogP contribution in [-0.4, -0.2) is 31.4 Å². The molecule has 3 nitrogen and oxygen atoms in total. The smallest absolute Gasteiger partial charge is 0.166 e. The second-order valence-corrected chi connectivity index (χ2v) is 4.99. The van der Waals surface area contributed by atoms with Gasteiger partial charge in [-0.3, -0.25) is 0 Å². The van der Waals surface area contributed by atoms with Gasteiger partial charge < -0.3 is 15.4 Å². The van der Waals surface area contributed by atoms with Crippen LogP contribution in [0.1, 0.15) is 18.1 Å². The first kappa shape index (κ1) is 15.9. The Kier molecular flexibility index (Phi) is 6.73. The third-order valence-corrected chi connectivity index (χ3v) is 3.04. The van der Waals surface area contributed by atoms with Gasteiger partial charge in [0.25, 0.3) is 0 Å². The normalized spacial score (nSPS) is 12.0. The molecule has 0 saturated carbocycles. The van der Waals surface area contributed by atoms with Crippen molar-refractivity contribution in [1.29, 1.82) is 0 Å². The number of halogens is 1. The van der Waals surface area contributed by atoms with Crippen molar-refractivity contribution in [1.82, 2.24) is 10.6 Å². The highest BCUT2D eigenvalue weighted by molar-refractivity contribution is 7.80. The molecule has 5 heteroatoms. The summed E-state index contributed by atoms with van der Waals surface area (Å²) in [6, 6.07) is 5.03. The fourth-order valence-corrected chi connectivity index (χ4v) is 2.12. The monoisotopic (exact) mass is 284 g/mol. The van der Waals surface area contributed by atoms with Crippen LogP contribution in [0.5, 0.6) is 0 Å². The summed E-state index contributed by atoms with van der Waals surface area (Å²) < 4.78 is 18.0. The van der Waals surface area contributed by atoms with Crippen molar-refractivity contribution in [3.8, 4) is 0 Å². The molecule has 0 aliphatic heterocycles. The summed E-state index contributed by atoms with van der Waals surface area (Å²) in [7, 11) is 1.66. The highest BCUT2D eigenvalue weighted by Gasteiger charge is 2.04. The van der Waals surface area contributed by atoms with Crippen LogP contribution in [0, 0.1) is 12.7 Å². The van der Waals surface area contributed by atoms with Crippen molar-refractivity contribution in [2.75, 3.05) is 20.3 Å². The van der Waals surface area contributed by atoms with Gasteiger partial charge in [0.05, 0.1) is 6.61 Å². The summed E-state index contributed by atoms with van der Waals surface area (Å²) in [6.07, 6.45) is 0.812. The average Bonchev–Trinajstić information content (AvgIpc) is 2.32. The molecule has 0 amide bonds. The van der Waals surface area contributed by atoms with E-state index in [1.54, 1.807) is 13.2 Å². The molecular formula is C14H21FN2OS. The Hall–Kier alpha value is -1.20. The molecule has 0 spiro atoms. The third kappa shape index (κ3) is 5.98. The van der Waals surface area contributed by atoms with E-state index < -0.39 is 0 Å². The lowest BCUT2D eigenvalue weighted by molar-refractivity contribution is 0.179. The molecule has 0 aromatic heterocycles. The number of hydrogen-bond acceptors (Lipinski definition) is 2. The summed E-state index contributed by atoms with van der Waals surface area (Å²) in [5, 5.41) is 6.87. The van der Waals surface area contributed by atoms with Gasteiger partial charge in [0.2, 0.25) is 0 Å². The van der Waals surface area contributed by atoms with Gasteiger partial charge in [-0.05, 0) is 55.7 Å². The van der Waals surface area contributed by atoms with Crippen LogP contribution in [0.4, 0.5) is 4.39 Å². The van der Waals surface area contributed by atoms with Crippen LogP contribution >= 0.6 is 12.2 Å². The Morgan fingerprint density at radius 2 is 2.21 bits per heavy atom. The van der Waals surface area contributed by atoms with Crippen LogP contribution in [0.3, 0.4) is 0 Å². The topological polar surface area (TPSA) is 33.3 Å². The molecule has 0 aliphatic carbocycles. The predicted octanol–water partition coefficient (Wildman–Crippen LogP) is 2.18. The van der Waals surface area contributed by atoms with Crippen LogP contribution in [-0.2, 0) is 11.2 Å². The molecule has 0 heterocycles. The van der Waals surface area contributed by atoms with E-state index in [0.717, 1.165) is 24.1 Å². The summed E-state index contributed by atoms with van der Waals surface area (Å²) in [6.45, 7) is 5.24. The molecule has 0 bridgehead atoms. The minimum absolute atomic E-state index is 0.178. The maximum absolute atomic E-state index is 13.0. The quantitative estimate of drug-likeness (QED) is 0.785. The minimum Gasteiger partial charge on any atom is -0.383 e. The molecule has 2 N–H and O–H groups in total. The van der Waals surface area contributed by atoms with Crippen LogP contribution in [0.25, 0.3) is 0 Å². The molecule has 1 aromatic carbocycles. The van der Waals surface area contributed by atoms with Crippen LogP contribution in [0.15, 0.2) is 18.2 Å². The van der Waals surface area contributed by atoms with Gasteiger partial charge in [0.15, 0.2) is 5.11 Å². The lowest BCUT2D eigenvalue weighted by Gasteiger charge is -2.16. The zero-order valence-electron chi connectivity index (χ0n) is 11.6. The first-order valence-corrected chi connectivity index (χ1v) is 6.72. The number of benzene rings is 1. The van der Waals surface area contributed by atoms with Gasteiger partial charge in [-0.1, -0.05) is 6.07 Å². The Bertz CT molecular complexity index is 426. The van der Waals surface area contributed by atoms with Gasteiger partial charge in [-0.25, -0.2) is 4.39 Å². The first-order chi connectivity index (χ1) is 9.02. The maximum Gasteiger partial charge on any atom is 0.166 e. The van der Waals surface area contributed by atoms with Gasteiger partial charge in [-0.2, -0.15) is 0 Å². The summed E-state index contributed by atoms with van der Waals surface area (Å²) in [4.78, 5) is 0. The van der Waals surface area contributed by atoms with Gasteiger partial charge >= 0.3 is 0 Å². The highest BCUT2D eigenvalue weighted by Crippen LogP contribution is 2.10. The van der Waals surface area contributed by atoms with E-state index in [9.17, 15) is 4.39 Å². The molecule has 1 rings (SSSR count). The first-order valence-electron chi connectivity index (χ1n) is 6.31. The molecule has 0 saturated heterocycles. The predicted molar refractivity (Wildman–Crippen MR) is 79.9 cm³/mol. The number of rotatable bonds is 6. The molecule has 1 atom stereocenters. The zero-order chi connectivity index (χ0) is 14.3. The molecule has 106 valence electrons. The minimum atomic E-state index is -0.195. The molecular weight excluding hydrogens is 263 g/mol. The largest absolute Gasteiger partial charge is 0.383 e. The lowest BCUT2D eigenvalue weighted by Crippen LogP contribution is -2.43. The summed E-state index contributed by atoms with van der Waals surface area (Å²) in [5.41, 5.74) is 2.09. The van der Waals surface area contributed by atoms with Crippen molar-refractivity contribution in [2.45, 2.75) is 26.3 Å². The fraction of sp³-hybridized carbons (Fsp3) is 0.500. The zero-order valence-corrected chi connectivity index (χ0v) is 12.4. The second kappa shape index (κ2) is 8.07. The Morgan fingerprint density at radius 1 is 1.47 bits per heavy atom. The molecule has 1 aromatic rings. The molecule has 0 radical (unpaired) electrons. The van der Waals surface area contributed by atoms with Crippen molar-refractivity contribution < 1.29 is 9.13 Å². The summed E-state index contributed by atoms with van der Waals surface area (Å²) >= 11 is 5.18. The Labute approximate surface area is 119 Å². The maximum atomic E-state index is 13.0. The number of methoxy groups -OCH3 is 1. The number of ether oxygens (including phenoxy) is 1. The fourth-order valence-electron chi connectivity index (χ4n) is 1.82. The molecule has 0 fully saturated rings. The molecule has 1 unspecified atom stereocenters. The van der Waals surface area contributed by atoms with E-state index in [-0.39, 0.29) is 11.9 Å². The van der Waals surface area contributed by atoms with E-state index in [0.29, 0.717) is 11.7 Å². The second-order valence-electron chi connectivity index (χ2n) is 4.58. The van der Waals surface area contributed by atoms with Crippen molar-refractivity contribution >= 4 is 17.3 Å².